The van der Waals surface area contributed by atoms with Crippen LogP contribution in [-0.4, -0.2) is 20.5 Å². The van der Waals surface area contributed by atoms with E-state index in [-0.39, 0.29) is 5.89 Å². The summed E-state index contributed by atoms with van der Waals surface area (Å²) in [6.45, 7) is 1.73. The first kappa shape index (κ1) is 11.6. The maximum atomic E-state index is 10.1. The van der Waals surface area contributed by atoms with Crippen LogP contribution in [0.25, 0.3) is 11.5 Å². The Kier molecular flexibility index (Phi) is 2.85. The van der Waals surface area contributed by atoms with E-state index in [0.717, 1.165) is 5.56 Å². The maximum absolute atomic E-state index is 10.1. The summed E-state index contributed by atoms with van der Waals surface area (Å²) in [5, 5.41) is 21.6. The molecule has 1 N–H and O–H groups in total. The number of hydrogen-bond acceptors (Lipinski definition) is 6. The molecule has 6 heteroatoms. The molecule has 0 aliphatic heterocycles. The Morgan fingerprint density at radius 1 is 1.16 bits per heavy atom. The number of aryl methyl sites for hydroxylation is 1. The minimum absolute atomic E-state index is 0.116. The van der Waals surface area contributed by atoms with E-state index in [1.165, 1.54) is 6.26 Å². The second-order valence-corrected chi connectivity index (χ2v) is 4.07. The van der Waals surface area contributed by atoms with Gasteiger partial charge in [-0.25, -0.2) is 0 Å². The standard InChI is InChI=1S/C13H11N3O3/c1-8-10(7-18-16-8)11(17)13-15-14-12(19-13)9-5-3-2-4-6-9/h2-7,11,17H,1H3. The summed E-state index contributed by atoms with van der Waals surface area (Å²) >= 11 is 0. The molecule has 1 aromatic carbocycles. The van der Waals surface area contributed by atoms with Gasteiger partial charge in [0, 0.05) is 5.56 Å². The average Bonchev–Trinajstić information content (AvgIpc) is 3.08. The first-order valence-corrected chi connectivity index (χ1v) is 5.73. The Hall–Kier alpha value is -2.47. The van der Waals surface area contributed by atoms with Crippen LogP contribution in [-0.2, 0) is 0 Å². The summed E-state index contributed by atoms with van der Waals surface area (Å²) in [5.74, 6) is 0.480. The Labute approximate surface area is 108 Å². The molecule has 3 aromatic rings. The second-order valence-electron chi connectivity index (χ2n) is 4.07. The molecule has 19 heavy (non-hydrogen) atoms. The van der Waals surface area contributed by atoms with Gasteiger partial charge in [0.25, 0.3) is 0 Å². The molecular weight excluding hydrogens is 246 g/mol. The predicted molar refractivity (Wildman–Crippen MR) is 65.0 cm³/mol. The summed E-state index contributed by atoms with van der Waals surface area (Å²) in [5.41, 5.74) is 1.91. The van der Waals surface area contributed by atoms with Crippen molar-refractivity contribution in [3.8, 4) is 11.5 Å². The van der Waals surface area contributed by atoms with Crippen LogP contribution in [0.3, 0.4) is 0 Å². The third-order valence-corrected chi connectivity index (χ3v) is 2.78. The zero-order valence-electron chi connectivity index (χ0n) is 10.1. The molecule has 0 aliphatic rings. The smallest absolute Gasteiger partial charge is 0.250 e. The van der Waals surface area contributed by atoms with Crippen molar-refractivity contribution in [2.45, 2.75) is 13.0 Å². The van der Waals surface area contributed by atoms with Crippen LogP contribution >= 0.6 is 0 Å². The van der Waals surface area contributed by atoms with Gasteiger partial charge < -0.3 is 14.0 Å². The van der Waals surface area contributed by atoms with Gasteiger partial charge in [-0.15, -0.1) is 10.2 Å². The van der Waals surface area contributed by atoms with E-state index >= 15 is 0 Å². The predicted octanol–water partition coefficient (Wildman–Crippen LogP) is 2.11. The van der Waals surface area contributed by atoms with Crippen molar-refractivity contribution >= 4 is 0 Å². The maximum Gasteiger partial charge on any atom is 0.250 e. The van der Waals surface area contributed by atoms with Gasteiger partial charge in [0.2, 0.25) is 11.8 Å². The summed E-state index contributed by atoms with van der Waals surface area (Å²) in [6, 6.07) is 9.36. The Balaban J connectivity index is 1.92. The fraction of sp³-hybridized carbons (Fsp3) is 0.154. The molecule has 0 aliphatic carbocycles. The molecule has 1 unspecified atom stereocenters. The molecule has 3 rings (SSSR count). The molecule has 0 spiro atoms. The number of hydrogen-bond donors (Lipinski definition) is 1. The van der Waals surface area contributed by atoms with E-state index in [4.69, 9.17) is 8.94 Å². The number of aliphatic hydroxyl groups is 1. The Morgan fingerprint density at radius 2 is 1.95 bits per heavy atom. The van der Waals surface area contributed by atoms with E-state index in [9.17, 15) is 5.11 Å². The van der Waals surface area contributed by atoms with Crippen LogP contribution < -0.4 is 0 Å². The SMILES string of the molecule is Cc1nocc1C(O)c1nnc(-c2ccccc2)o1. The van der Waals surface area contributed by atoms with Gasteiger partial charge in [0.15, 0.2) is 6.10 Å². The third kappa shape index (κ3) is 2.13. The van der Waals surface area contributed by atoms with Crippen molar-refractivity contribution in [1.29, 1.82) is 0 Å². The van der Waals surface area contributed by atoms with E-state index < -0.39 is 6.10 Å². The summed E-state index contributed by atoms with van der Waals surface area (Å²) in [6.07, 6.45) is 0.336. The van der Waals surface area contributed by atoms with Crippen LogP contribution in [0, 0.1) is 6.92 Å². The fourth-order valence-corrected chi connectivity index (χ4v) is 1.74. The van der Waals surface area contributed by atoms with E-state index in [2.05, 4.69) is 15.4 Å². The van der Waals surface area contributed by atoms with Gasteiger partial charge in [-0.2, -0.15) is 0 Å². The lowest BCUT2D eigenvalue weighted by Gasteiger charge is -2.02. The molecular formula is C13H11N3O3. The lowest BCUT2D eigenvalue weighted by atomic mass is 10.1. The van der Waals surface area contributed by atoms with Gasteiger partial charge in [-0.1, -0.05) is 23.4 Å². The van der Waals surface area contributed by atoms with Gasteiger partial charge in [-0.3, -0.25) is 0 Å². The molecule has 96 valence electrons. The van der Waals surface area contributed by atoms with E-state index in [1.807, 2.05) is 30.3 Å². The molecule has 1 atom stereocenters. The molecule has 6 nitrogen and oxygen atoms in total. The highest BCUT2D eigenvalue weighted by atomic mass is 16.5. The van der Waals surface area contributed by atoms with E-state index in [1.54, 1.807) is 6.92 Å². The van der Waals surface area contributed by atoms with Crippen LogP contribution in [0.2, 0.25) is 0 Å². The molecule has 0 radical (unpaired) electrons. The second kappa shape index (κ2) is 4.66. The highest BCUT2D eigenvalue weighted by Crippen LogP contribution is 2.26. The zero-order chi connectivity index (χ0) is 13.2. The van der Waals surface area contributed by atoms with Crippen molar-refractivity contribution in [1.82, 2.24) is 15.4 Å². The number of aromatic nitrogens is 3. The molecule has 0 amide bonds. The van der Waals surface area contributed by atoms with Crippen LogP contribution in [0.15, 0.2) is 45.5 Å². The van der Waals surface area contributed by atoms with Crippen molar-refractivity contribution in [3.63, 3.8) is 0 Å². The summed E-state index contributed by atoms with van der Waals surface area (Å²) < 4.78 is 10.2. The summed E-state index contributed by atoms with van der Waals surface area (Å²) in [4.78, 5) is 0. The quantitative estimate of drug-likeness (QED) is 0.773. The van der Waals surface area contributed by atoms with Crippen molar-refractivity contribution < 1.29 is 14.0 Å². The van der Waals surface area contributed by atoms with Gasteiger partial charge in [0.05, 0.1) is 11.3 Å². The van der Waals surface area contributed by atoms with Gasteiger partial charge >= 0.3 is 0 Å². The third-order valence-electron chi connectivity index (χ3n) is 2.78. The molecule has 0 saturated carbocycles. The monoisotopic (exact) mass is 257 g/mol. The molecule has 0 fully saturated rings. The number of rotatable bonds is 3. The molecule has 2 aromatic heterocycles. The molecule has 2 heterocycles. The highest BCUT2D eigenvalue weighted by molar-refractivity contribution is 5.51. The van der Waals surface area contributed by atoms with Crippen LogP contribution in [0.4, 0.5) is 0 Å². The average molecular weight is 257 g/mol. The summed E-state index contributed by atoms with van der Waals surface area (Å²) in [7, 11) is 0. The fourth-order valence-electron chi connectivity index (χ4n) is 1.74. The van der Waals surface area contributed by atoms with Crippen molar-refractivity contribution in [3.05, 3.63) is 53.7 Å². The largest absolute Gasteiger partial charge is 0.417 e. The van der Waals surface area contributed by atoms with Gasteiger partial charge in [-0.05, 0) is 19.1 Å². The topological polar surface area (TPSA) is 85.2 Å². The zero-order valence-corrected chi connectivity index (χ0v) is 10.1. The minimum Gasteiger partial charge on any atom is -0.417 e. The highest BCUT2D eigenvalue weighted by Gasteiger charge is 2.22. The minimum atomic E-state index is -1.03. The lowest BCUT2D eigenvalue weighted by Crippen LogP contribution is -2.00. The Bertz CT molecular complexity index is 675. The van der Waals surface area contributed by atoms with E-state index in [0.29, 0.717) is 17.1 Å². The first-order chi connectivity index (χ1) is 9.25. The van der Waals surface area contributed by atoms with Gasteiger partial charge in [0.1, 0.15) is 6.26 Å². The normalized spacial score (nSPS) is 12.5. The van der Waals surface area contributed by atoms with Crippen molar-refractivity contribution in [2.75, 3.05) is 0 Å². The number of nitrogens with zero attached hydrogens (tertiary/aromatic N) is 3. The Morgan fingerprint density at radius 3 is 2.63 bits per heavy atom. The lowest BCUT2D eigenvalue weighted by molar-refractivity contribution is 0.182. The van der Waals surface area contributed by atoms with Crippen LogP contribution in [0.5, 0.6) is 0 Å². The molecule has 0 bridgehead atoms. The number of aliphatic hydroxyl groups excluding tert-OH is 1. The van der Waals surface area contributed by atoms with Crippen LogP contribution in [0.1, 0.15) is 23.3 Å². The van der Waals surface area contributed by atoms with Crippen molar-refractivity contribution in [2.24, 2.45) is 0 Å². The first-order valence-electron chi connectivity index (χ1n) is 5.73. The molecule has 0 saturated heterocycles. The number of benzene rings is 1.